The number of aromatic nitrogens is 1. The normalized spacial score (nSPS) is 10.4. The number of hydrogen-bond acceptors (Lipinski definition) is 5. The van der Waals surface area contributed by atoms with Crippen molar-refractivity contribution < 1.29 is 13.9 Å². The highest BCUT2D eigenvalue weighted by molar-refractivity contribution is 9.10. The van der Waals surface area contributed by atoms with Crippen LogP contribution in [0.3, 0.4) is 0 Å². The molecule has 0 spiro atoms. The van der Waals surface area contributed by atoms with Gasteiger partial charge in [0, 0.05) is 10.0 Å². The fourth-order valence-electron chi connectivity index (χ4n) is 1.35. The maximum absolute atomic E-state index is 13.2. The van der Waals surface area contributed by atoms with E-state index in [2.05, 4.69) is 25.7 Å². The average Bonchev–Trinajstić information content (AvgIpc) is 2.73. The van der Waals surface area contributed by atoms with E-state index in [1.54, 1.807) is 6.07 Å². The number of nitrogens with zero attached hydrogens (tertiary/aromatic N) is 1. The van der Waals surface area contributed by atoms with Gasteiger partial charge in [-0.15, -0.1) is 0 Å². The summed E-state index contributed by atoms with van der Waals surface area (Å²) in [6.07, 6.45) is 0. The largest absolute Gasteiger partial charge is 0.464 e. The van der Waals surface area contributed by atoms with Crippen LogP contribution < -0.4 is 5.73 Å². The second kappa shape index (κ2) is 5.03. The first kappa shape index (κ1) is 13.0. The Balaban J connectivity index is 2.52. The van der Waals surface area contributed by atoms with Crippen LogP contribution in [-0.4, -0.2) is 18.1 Å². The molecule has 0 radical (unpaired) electrons. The average molecular weight is 331 g/mol. The van der Waals surface area contributed by atoms with Crippen LogP contribution in [0.1, 0.15) is 10.5 Å². The molecule has 0 atom stereocenters. The van der Waals surface area contributed by atoms with Gasteiger partial charge in [0.2, 0.25) is 0 Å². The van der Waals surface area contributed by atoms with Gasteiger partial charge in [0.25, 0.3) is 0 Å². The Hall–Kier alpha value is -1.47. The number of carbonyl (C=O) groups is 1. The molecule has 2 rings (SSSR count). The number of esters is 1. The standard InChI is InChI=1S/C11H8BrFN2O2S/c1-17-11(16)8-9(14)18-10(15-8)6-4-5(13)2-3-7(6)12/h2-4H,14H2,1H3. The van der Waals surface area contributed by atoms with Crippen molar-refractivity contribution in [1.29, 1.82) is 0 Å². The van der Waals surface area contributed by atoms with Gasteiger partial charge in [-0.2, -0.15) is 0 Å². The molecule has 94 valence electrons. The molecule has 0 aliphatic rings. The minimum Gasteiger partial charge on any atom is -0.464 e. The Morgan fingerprint density at radius 2 is 2.28 bits per heavy atom. The van der Waals surface area contributed by atoms with Gasteiger partial charge in [0.1, 0.15) is 15.8 Å². The number of halogens is 2. The lowest BCUT2D eigenvalue weighted by atomic mass is 10.2. The van der Waals surface area contributed by atoms with Crippen LogP contribution in [0, 0.1) is 5.82 Å². The van der Waals surface area contributed by atoms with Crippen LogP contribution in [0.2, 0.25) is 0 Å². The zero-order chi connectivity index (χ0) is 13.3. The quantitative estimate of drug-likeness (QED) is 0.859. The van der Waals surface area contributed by atoms with Crippen molar-refractivity contribution in [2.45, 2.75) is 0 Å². The summed E-state index contributed by atoms with van der Waals surface area (Å²) in [6, 6.07) is 4.22. The number of methoxy groups -OCH3 is 1. The molecular formula is C11H8BrFN2O2S. The minimum absolute atomic E-state index is 0.0497. The summed E-state index contributed by atoms with van der Waals surface area (Å²) in [4.78, 5) is 15.5. The Kier molecular flexibility index (Phi) is 3.63. The van der Waals surface area contributed by atoms with E-state index in [-0.39, 0.29) is 16.5 Å². The maximum atomic E-state index is 13.2. The summed E-state index contributed by atoms with van der Waals surface area (Å²) >= 11 is 4.40. The van der Waals surface area contributed by atoms with Gasteiger partial charge >= 0.3 is 5.97 Å². The highest BCUT2D eigenvalue weighted by Crippen LogP contribution is 2.35. The second-order valence-corrected chi connectivity index (χ2v) is 5.23. The smallest absolute Gasteiger partial charge is 0.359 e. The van der Waals surface area contributed by atoms with Crippen LogP contribution >= 0.6 is 27.3 Å². The first-order valence-corrected chi connectivity index (χ1v) is 6.44. The molecule has 0 bridgehead atoms. The molecular weight excluding hydrogens is 323 g/mol. The molecule has 0 unspecified atom stereocenters. The molecule has 4 nitrogen and oxygen atoms in total. The predicted molar refractivity (Wildman–Crippen MR) is 71.0 cm³/mol. The van der Waals surface area contributed by atoms with Gasteiger partial charge in [0.05, 0.1) is 7.11 Å². The monoisotopic (exact) mass is 330 g/mol. The van der Waals surface area contributed by atoms with Gasteiger partial charge in [-0.25, -0.2) is 14.2 Å². The fraction of sp³-hybridized carbons (Fsp3) is 0.0909. The van der Waals surface area contributed by atoms with Crippen LogP contribution in [0.15, 0.2) is 22.7 Å². The molecule has 7 heteroatoms. The van der Waals surface area contributed by atoms with Crippen molar-refractivity contribution in [2.75, 3.05) is 12.8 Å². The van der Waals surface area contributed by atoms with E-state index in [4.69, 9.17) is 5.73 Å². The Labute approximate surface area is 115 Å². The Morgan fingerprint density at radius 3 is 2.94 bits per heavy atom. The van der Waals surface area contributed by atoms with E-state index < -0.39 is 5.97 Å². The molecule has 1 heterocycles. The molecule has 0 saturated heterocycles. The van der Waals surface area contributed by atoms with E-state index in [0.717, 1.165) is 11.3 Å². The third-order valence-electron chi connectivity index (χ3n) is 2.19. The number of ether oxygens (including phenoxy) is 1. The number of benzene rings is 1. The lowest BCUT2D eigenvalue weighted by Crippen LogP contribution is -2.04. The summed E-state index contributed by atoms with van der Waals surface area (Å²) in [7, 11) is 1.25. The molecule has 18 heavy (non-hydrogen) atoms. The minimum atomic E-state index is -0.609. The lowest BCUT2D eigenvalue weighted by molar-refractivity contribution is 0.0596. The zero-order valence-electron chi connectivity index (χ0n) is 9.24. The number of nitrogen functional groups attached to an aromatic ring is 1. The van der Waals surface area contributed by atoms with Crippen molar-refractivity contribution in [3.8, 4) is 10.6 Å². The molecule has 0 aliphatic heterocycles. The lowest BCUT2D eigenvalue weighted by Gasteiger charge is -1.99. The van der Waals surface area contributed by atoms with E-state index in [1.165, 1.54) is 19.2 Å². The van der Waals surface area contributed by atoms with E-state index in [9.17, 15) is 9.18 Å². The van der Waals surface area contributed by atoms with E-state index >= 15 is 0 Å². The summed E-state index contributed by atoms with van der Waals surface area (Å²) in [5.41, 5.74) is 6.28. The van der Waals surface area contributed by atoms with Crippen LogP contribution in [0.5, 0.6) is 0 Å². The fourth-order valence-corrected chi connectivity index (χ4v) is 2.77. The molecule has 0 fully saturated rings. The molecule has 0 aliphatic carbocycles. The van der Waals surface area contributed by atoms with Gasteiger partial charge in [-0.05, 0) is 18.2 Å². The zero-order valence-corrected chi connectivity index (χ0v) is 11.6. The van der Waals surface area contributed by atoms with E-state index in [0.29, 0.717) is 15.0 Å². The molecule has 1 aromatic carbocycles. The third kappa shape index (κ3) is 2.37. The number of nitrogens with two attached hydrogens (primary N) is 1. The Morgan fingerprint density at radius 1 is 1.56 bits per heavy atom. The highest BCUT2D eigenvalue weighted by Gasteiger charge is 2.18. The molecule has 2 N–H and O–H groups in total. The van der Waals surface area contributed by atoms with Crippen molar-refractivity contribution in [3.05, 3.63) is 34.2 Å². The summed E-state index contributed by atoms with van der Waals surface area (Å²) in [5, 5.41) is 0.701. The van der Waals surface area contributed by atoms with Gasteiger partial charge in [-0.3, -0.25) is 0 Å². The predicted octanol–water partition coefficient (Wildman–Crippen LogP) is 3.08. The second-order valence-electron chi connectivity index (χ2n) is 3.35. The first-order chi connectivity index (χ1) is 8.52. The van der Waals surface area contributed by atoms with Crippen molar-refractivity contribution in [1.82, 2.24) is 4.98 Å². The summed E-state index contributed by atoms with van der Waals surface area (Å²) in [5.74, 6) is -0.996. The number of thiazole rings is 1. The maximum Gasteiger partial charge on any atom is 0.359 e. The van der Waals surface area contributed by atoms with Crippen LogP contribution in [-0.2, 0) is 4.74 Å². The van der Waals surface area contributed by atoms with Crippen LogP contribution in [0.4, 0.5) is 9.39 Å². The molecule has 0 saturated carbocycles. The molecule has 1 aromatic heterocycles. The SMILES string of the molecule is COC(=O)c1nc(-c2cc(F)ccc2Br)sc1N. The van der Waals surface area contributed by atoms with Crippen molar-refractivity contribution >= 4 is 38.2 Å². The summed E-state index contributed by atoms with van der Waals surface area (Å²) in [6.45, 7) is 0. The number of hydrogen-bond donors (Lipinski definition) is 1. The third-order valence-corrected chi connectivity index (χ3v) is 3.80. The van der Waals surface area contributed by atoms with Crippen molar-refractivity contribution in [2.24, 2.45) is 0 Å². The number of rotatable bonds is 2. The highest BCUT2D eigenvalue weighted by atomic mass is 79.9. The topological polar surface area (TPSA) is 65.2 Å². The molecule has 0 amide bonds. The van der Waals surface area contributed by atoms with E-state index in [1.807, 2.05) is 0 Å². The van der Waals surface area contributed by atoms with Gasteiger partial charge in [0.15, 0.2) is 5.69 Å². The van der Waals surface area contributed by atoms with Gasteiger partial charge < -0.3 is 10.5 Å². The van der Waals surface area contributed by atoms with Crippen LogP contribution in [0.25, 0.3) is 10.6 Å². The Bertz CT molecular complexity index is 615. The number of carbonyl (C=O) groups excluding carboxylic acids is 1. The summed E-state index contributed by atoms with van der Waals surface area (Å²) < 4.78 is 18.4. The number of anilines is 1. The van der Waals surface area contributed by atoms with Gasteiger partial charge in [-0.1, -0.05) is 27.3 Å². The van der Waals surface area contributed by atoms with Crippen molar-refractivity contribution in [3.63, 3.8) is 0 Å². The first-order valence-electron chi connectivity index (χ1n) is 4.83. The molecule has 2 aromatic rings.